The molecule has 0 N–H and O–H groups in total. The molecule has 1 saturated heterocycles. The number of benzene rings is 1. The summed E-state index contributed by atoms with van der Waals surface area (Å²) < 4.78 is 40.0. The Morgan fingerprint density at radius 2 is 2.24 bits per heavy atom. The molecule has 116 valence electrons. The second kappa shape index (κ2) is 6.29. The van der Waals surface area contributed by atoms with E-state index in [4.69, 9.17) is 0 Å². The number of nitrogens with zero attached hydrogens (tertiary/aromatic N) is 2. The maximum Gasteiger partial charge on any atom is 0.324 e. The topological polar surface area (TPSA) is 80.5 Å². The van der Waals surface area contributed by atoms with E-state index in [1.54, 1.807) is 11.8 Å². The zero-order chi connectivity index (χ0) is 15.6. The first-order chi connectivity index (χ1) is 9.87. The minimum absolute atomic E-state index is 0.154. The summed E-state index contributed by atoms with van der Waals surface area (Å²) in [7, 11) is -4.06. The molecule has 1 aliphatic rings. The van der Waals surface area contributed by atoms with Crippen LogP contribution in [0.15, 0.2) is 23.1 Å². The minimum atomic E-state index is -4.06. The highest BCUT2D eigenvalue weighted by Gasteiger charge is 2.36. The Kier molecular flexibility index (Phi) is 4.84. The lowest BCUT2D eigenvalue weighted by Gasteiger charge is -2.30. The molecule has 0 amide bonds. The molecule has 1 aromatic carbocycles. The predicted octanol–water partition coefficient (Wildman–Crippen LogP) is 2.25. The van der Waals surface area contributed by atoms with Crippen LogP contribution in [0.2, 0.25) is 0 Å². The fourth-order valence-electron chi connectivity index (χ4n) is 2.18. The van der Waals surface area contributed by atoms with E-state index in [1.165, 1.54) is 10.4 Å². The number of halogens is 1. The van der Waals surface area contributed by atoms with Crippen LogP contribution in [0.1, 0.15) is 13.3 Å². The van der Waals surface area contributed by atoms with Crippen LogP contribution in [-0.2, 0) is 10.0 Å². The van der Waals surface area contributed by atoms with Crippen LogP contribution in [0.4, 0.5) is 10.1 Å². The molecule has 0 spiro atoms. The van der Waals surface area contributed by atoms with Crippen molar-refractivity contribution in [3.63, 3.8) is 0 Å². The van der Waals surface area contributed by atoms with Crippen molar-refractivity contribution in [1.29, 1.82) is 0 Å². The monoisotopic (exact) mass is 334 g/mol. The van der Waals surface area contributed by atoms with Crippen LogP contribution < -0.4 is 0 Å². The van der Waals surface area contributed by atoms with Gasteiger partial charge in [-0.15, -0.1) is 0 Å². The van der Waals surface area contributed by atoms with Crippen molar-refractivity contribution in [3.05, 3.63) is 34.1 Å². The number of nitro benzene ring substituents is 1. The molecule has 21 heavy (non-hydrogen) atoms. The lowest BCUT2D eigenvalue weighted by atomic mass is 10.3. The molecule has 1 heterocycles. The minimum Gasteiger partial charge on any atom is -0.258 e. The largest absolute Gasteiger partial charge is 0.324 e. The van der Waals surface area contributed by atoms with Crippen molar-refractivity contribution in [2.75, 3.05) is 18.8 Å². The molecule has 1 fully saturated rings. The summed E-state index contributed by atoms with van der Waals surface area (Å²) in [5.41, 5.74) is -0.983. The number of hydrogen-bond donors (Lipinski definition) is 0. The first-order valence-electron chi connectivity index (χ1n) is 6.42. The molecule has 0 saturated carbocycles. The first-order valence-corrected chi connectivity index (χ1v) is 8.91. The van der Waals surface area contributed by atoms with Gasteiger partial charge in [-0.2, -0.15) is 20.5 Å². The zero-order valence-corrected chi connectivity index (χ0v) is 13.0. The highest BCUT2D eigenvalue weighted by molar-refractivity contribution is 8.00. The fourth-order valence-corrected chi connectivity index (χ4v) is 5.22. The van der Waals surface area contributed by atoms with E-state index in [1.807, 2.05) is 6.92 Å². The third-order valence-corrected chi connectivity index (χ3v) is 6.58. The second-order valence-electron chi connectivity index (χ2n) is 4.61. The van der Waals surface area contributed by atoms with E-state index in [9.17, 15) is 22.9 Å². The third kappa shape index (κ3) is 3.19. The van der Waals surface area contributed by atoms with Crippen molar-refractivity contribution < 1.29 is 17.7 Å². The lowest BCUT2D eigenvalue weighted by Crippen LogP contribution is -2.41. The molecule has 0 aromatic heterocycles. The first kappa shape index (κ1) is 16.2. The number of hydrogen-bond acceptors (Lipinski definition) is 5. The van der Waals surface area contributed by atoms with Gasteiger partial charge in [0.05, 0.1) is 4.92 Å². The Morgan fingerprint density at radius 3 is 2.86 bits per heavy atom. The maximum absolute atomic E-state index is 13.6. The molecule has 0 bridgehead atoms. The van der Waals surface area contributed by atoms with Crippen LogP contribution in [0.25, 0.3) is 0 Å². The summed E-state index contributed by atoms with van der Waals surface area (Å²) in [6, 6.07) is 3.14. The third-order valence-electron chi connectivity index (χ3n) is 3.31. The Bertz CT molecular complexity index is 651. The van der Waals surface area contributed by atoms with Crippen molar-refractivity contribution in [2.24, 2.45) is 0 Å². The van der Waals surface area contributed by atoms with Gasteiger partial charge >= 0.3 is 5.69 Å². The van der Waals surface area contributed by atoms with Crippen molar-refractivity contribution in [3.8, 4) is 0 Å². The van der Waals surface area contributed by atoms with Gasteiger partial charge in [-0.05, 0) is 18.6 Å². The molecule has 1 atom stereocenters. The molecule has 2 rings (SSSR count). The molecular formula is C12H15FN2O4S2. The fraction of sp³-hybridized carbons (Fsp3) is 0.500. The highest BCUT2D eigenvalue weighted by Crippen LogP contribution is 2.32. The Balaban J connectivity index is 2.45. The number of nitro groups is 1. The summed E-state index contributed by atoms with van der Waals surface area (Å²) in [6.45, 7) is 2.52. The summed E-state index contributed by atoms with van der Waals surface area (Å²) in [4.78, 5) is 9.41. The van der Waals surface area contributed by atoms with Gasteiger partial charge in [-0.1, -0.05) is 13.0 Å². The molecule has 1 aromatic rings. The second-order valence-corrected chi connectivity index (χ2v) is 7.92. The van der Waals surface area contributed by atoms with E-state index in [2.05, 4.69) is 0 Å². The van der Waals surface area contributed by atoms with E-state index in [0.29, 0.717) is 5.75 Å². The molecular weight excluding hydrogens is 319 g/mol. The van der Waals surface area contributed by atoms with E-state index in [0.717, 1.165) is 18.6 Å². The molecule has 9 heteroatoms. The Morgan fingerprint density at radius 1 is 1.52 bits per heavy atom. The van der Waals surface area contributed by atoms with Gasteiger partial charge < -0.3 is 0 Å². The number of sulfonamides is 1. The van der Waals surface area contributed by atoms with E-state index < -0.39 is 31.3 Å². The van der Waals surface area contributed by atoms with Gasteiger partial charge in [0.25, 0.3) is 0 Å². The smallest absolute Gasteiger partial charge is 0.258 e. The van der Waals surface area contributed by atoms with Gasteiger partial charge in [0.2, 0.25) is 15.8 Å². The average Bonchev–Trinajstić information content (AvgIpc) is 2.46. The molecule has 0 radical (unpaired) electrons. The van der Waals surface area contributed by atoms with Gasteiger partial charge in [-0.25, -0.2) is 8.42 Å². The average molecular weight is 334 g/mol. The quantitative estimate of drug-likeness (QED) is 0.623. The molecule has 0 aliphatic carbocycles. The molecule has 1 aliphatic heterocycles. The zero-order valence-electron chi connectivity index (χ0n) is 11.4. The number of rotatable bonds is 4. The molecule has 6 nitrogen and oxygen atoms in total. The van der Waals surface area contributed by atoms with Crippen molar-refractivity contribution in [2.45, 2.75) is 23.5 Å². The summed E-state index contributed by atoms with van der Waals surface area (Å²) in [6.07, 6.45) is 0.807. The van der Waals surface area contributed by atoms with Crippen LogP contribution in [0.3, 0.4) is 0 Å². The summed E-state index contributed by atoms with van der Waals surface area (Å²) in [5, 5.41) is 11.1. The maximum atomic E-state index is 13.6. The Hall–Kier alpha value is -1.19. The Labute approximate surface area is 126 Å². The van der Waals surface area contributed by atoms with Gasteiger partial charge in [0, 0.05) is 24.1 Å². The summed E-state index contributed by atoms with van der Waals surface area (Å²) >= 11 is 1.68. The van der Waals surface area contributed by atoms with Crippen LogP contribution >= 0.6 is 11.8 Å². The number of thioether (sulfide) groups is 1. The number of para-hydroxylation sites is 1. The van der Waals surface area contributed by atoms with Crippen LogP contribution in [0, 0.1) is 15.9 Å². The van der Waals surface area contributed by atoms with Gasteiger partial charge in [-0.3, -0.25) is 10.1 Å². The summed E-state index contributed by atoms with van der Waals surface area (Å²) in [5.74, 6) is -0.514. The molecule has 1 unspecified atom stereocenters. The standard InChI is InChI=1S/C12H15FN2O4S2/c1-2-9-8-14(6-7-20-9)21(18,19)11-5-3-4-10(13)12(11)15(16)17/h3-5,9H,2,6-8H2,1H3. The van der Waals surface area contributed by atoms with Crippen molar-refractivity contribution >= 4 is 27.5 Å². The van der Waals surface area contributed by atoms with E-state index in [-0.39, 0.29) is 18.3 Å². The predicted molar refractivity (Wildman–Crippen MR) is 78.4 cm³/mol. The highest BCUT2D eigenvalue weighted by atomic mass is 32.2. The van der Waals surface area contributed by atoms with Crippen LogP contribution in [0.5, 0.6) is 0 Å². The van der Waals surface area contributed by atoms with E-state index >= 15 is 0 Å². The SMILES string of the molecule is CCC1CN(S(=O)(=O)c2cccc(F)c2[N+](=O)[O-])CCS1. The van der Waals surface area contributed by atoms with Crippen molar-refractivity contribution in [1.82, 2.24) is 4.31 Å². The normalized spacial score (nSPS) is 20.4. The van der Waals surface area contributed by atoms with Crippen LogP contribution in [-0.4, -0.2) is 41.7 Å². The van der Waals surface area contributed by atoms with Gasteiger partial charge in [0.1, 0.15) is 0 Å². The van der Waals surface area contributed by atoms with Gasteiger partial charge in [0.15, 0.2) is 4.90 Å². The lowest BCUT2D eigenvalue weighted by molar-refractivity contribution is -0.390.